The van der Waals surface area contributed by atoms with Crippen LogP contribution in [0.1, 0.15) is 42.1 Å². The van der Waals surface area contributed by atoms with Crippen LogP contribution >= 0.6 is 0 Å². The van der Waals surface area contributed by atoms with E-state index in [2.05, 4.69) is 34.2 Å². The molecular formula is C20H29N5O. The van der Waals surface area contributed by atoms with E-state index < -0.39 is 0 Å². The van der Waals surface area contributed by atoms with Crippen molar-refractivity contribution in [3.8, 4) is 0 Å². The van der Waals surface area contributed by atoms with E-state index in [0.29, 0.717) is 0 Å². The first kappa shape index (κ1) is 18.6. The van der Waals surface area contributed by atoms with Crippen LogP contribution in [0.4, 0.5) is 0 Å². The molecule has 1 aromatic carbocycles. The van der Waals surface area contributed by atoms with Gasteiger partial charge in [-0.2, -0.15) is 0 Å². The van der Waals surface area contributed by atoms with Crippen LogP contribution < -0.4 is 0 Å². The highest BCUT2D eigenvalue weighted by atomic mass is 16.2. The van der Waals surface area contributed by atoms with Crippen LogP contribution in [0, 0.1) is 0 Å². The van der Waals surface area contributed by atoms with Gasteiger partial charge in [-0.25, -0.2) is 0 Å². The van der Waals surface area contributed by atoms with E-state index in [1.165, 1.54) is 18.4 Å². The van der Waals surface area contributed by atoms with E-state index >= 15 is 0 Å². The highest BCUT2D eigenvalue weighted by Crippen LogP contribution is 2.12. The Bertz CT molecular complexity index is 668. The first-order valence-corrected chi connectivity index (χ1v) is 9.69. The number of hydrogen-bond acceptors (Lipinski definition) is 4. The second kappa shape index (κ2) is 9.48. The van der Waals surface area contributed by atoms with Gasteiger partial charge in [0.15, 0.2) is 0 Å². The maximum atomic E-state index is 12.8. The quantitative estimate of drug-likeness (QED) is 0.766. The minimum Gasteiger partial charge on any atom is -0.337 e. The molecule has 1 aliphatic heterocycles. The molecule has 0 spiro atoms. The minimum absolute atomic E-state index is 0.160. The van der Waals surface area contributed by atoms with Gasteiger partial charge < -0.3 is 9.47 Å². The summed E-state index contributed by atoms with van der Waals surface area (Å²) in [6.45, 7) is 7.63. The number of nitrogens with zero attached hydrogens (tertiary/aromatic N) is 5. The van der Waals surface area contributed by atoms with Crippen LogP contribution in [0.2, 0.25) is 0 Å². The normalized spacial score (nSPS) is 15.8. The smallest absolute Gasteiger partial charge is 0.253 e. The monoisotopic (exact) mass is 355 g/mol. The van der Waals surface area contributed by atoms with Crippen molar-refractivity contribution in [3.05, 3.63) is 48.0 Å². The molecular weight excluding hydrogens is 326 g/mol. The number of carbonyl (C=O) groups is 1. The molecule has 26 heavy (non-hydrogen) atoms. The average Bonchev–Trinajstić information content (AvgIpc) is 3.09. The second-order valence-electron chi connectivity index (χ2n) is 6.99. The average molecular weight is 355 g/mol. The van der Waals surface area contributed by atoms with Gasteiger partial charge >= 0.3 is 0 Å². The molecule has 0 unspecified atom stereocenters. The molecule has 1 saturated heterocycles. The zero-order valence-corrected chi connectivity index (χ0v) is 15.7. The fourth-order valence-electron chi connectivity index (χ4n) is 3.37. The number of benzene rings is 1. The molecule has 0 bridgehead atoms. The summed E-state index contributed by atoms with van der Waals surface area (Å²) in [4.78, 5) is 17.2. The van der Waals surface area contributed by atoms with Gasteiger partial charge in [-0.3, -0.25) is 9.69 Å². The predicted octanol–water partition coefficient (Wildman–Crippen LogP) is 2.47. The van der Waals surface area contributed by atoms with Crippen molar-refractivity contribution in [2.75, 3.05) is 32.7 Å². The summed E-state index contributed by atoms with van der Waals surface area (Å²) in [5, 5.41) is 7.67. The predicted molar refractivity (Wildman–Crippen MR) is 102 cm³/mol. The van der Waals surface area contributed by atoms with Gasteiger partial charge in [0.1, 0.15) is 12.7 Å². The van der Waals surface area contributed by atoms with Gasteiger partial charge in [-0.05, 0) is 43.5 Å². The lowest BCUT2D eigenvalue weighted by molar-refractivity contribution is 0.0761. The highest BCUT2D eigenvalue weighted by molar-refractivity contribution is 5.94. The topological polar surface area (TPSA) is 54.3 Å². The first-order chi connectivity index (χ1) is 12.8. The number of amides is 1. The lowest BCUT2D eigenvalue weighted by atomic mass is 10.1. The Morgan fingerprint density at radius 2 is 1.77 bits per heavy atom. The largest absolute Gasteiger partial charge is 0.337 e. The molecule has 140 valence electrons. The molecule has 1 amide bonds. The molecule has 1 fully saturated rings. The molecule has 2 aromatic rings. The number of aromatic nitrogens is 3. The van der Waals surface area contributed by atoms with Crippen LogP contribution in [0.5, 0.6) is 0 Å². The van der Waals surface area contributed by atoms with Gasteiger partial charge in [0, 0.05) is 38.3 Å². The van der Waals surface area contributed by atoms with Crippen LogP contribution in [0.25, 0.3) is 0 Å². The summed E-state index contributed by atoms with van der Waals surface area (Å²) < 4.78 is 1.99. The lowest BCUT2D eigenvalue weighted by Crippen LogP contribution is -2.36. The summed E-state index contributed by atoms with van der Waals surface area (Å²) in [5.74, 6) is 0.160. The molecule has 6 nitrogen and oxygen atoms in total. The van der Waals surface area contributed by atoms with Crippen molar-refractivity contribution in [1.29, 1.82) is 0 Å². The second-order valence-corrected chi connectivity index (χ2v) is 6.99. The fourth-order valence-corrected chi connectivity index (χ4v) is 3.37. The van der Waals surface area contributed by atoms with Gasteiger partial charge in [-0.15, -0.1) is 10.2 Å². The number of aryl methyl sites for hydroxylation is 1. The molecule has 2 heterocycles. The third kappa shape index (κ3) is 5.14. The molecule has 0 N–H and O–H groups in total. The Hall–Kier alpha value is -2.21. The summed E-state index contributed by atoms with van der Waals surface area (Å²) in [5.41, 5.74) is 2.13. The van der Waals surface area contributed by atoms with Crippen LogP contribution in [-0.2, 0) is 13.0 Å². The summed E-state index contributed by atoms with van der Waals surface area (Å²) in [6.07, 6.45) is 8.00. The summed E-state index contributed by atoms with van der Waals surface area (Å²) in [6, 6.07) is 8.18. The maximum absolute atomic E-state index is 12.8. The molecule has 0 saturated carbocycles. The number of rotatable bonds is 7. The van der Waals surface area contributed by atoms with E-state index in [1.54, 1.807) is 12.7 Å². The molecule has 1 aromatic heterocycles. The molecule has 6 heteroatoms. The third-order valence-electron chi connectivity index (χ3n) is 5.04. The van der Waals surface area contributed by atoms with Crippen molar-refractivity contribution in [2.45, 2.75) is 39.2 Å². The van der Waals surface area contributed by atoms with E-state index in [9.17, 15) is 4.79 Å². The van der Waals surface area contributed by atoms with Crippen molar-refractivity contribution in [2.24, 2.45) is 0 Å². The Balaban J connectivity index is 1.50. The number of hydrogen-bond donors (Lipinski definition) is 0. The molecule has 0 aliphatic carbocycles. The lowest BCUT2D eigenvalue weighted by Gasteiger charge is -2.22. The SMILES string of the molecule is CCCCc1ccc(C(=O)N2CCCN(CCn3cnnc3)CC2)cc1. The fraction of sp³-hybridized carbons (Fsp3) is 0.550. The zero-order valence-electron chi connectivity index (χ0n) is 15.7. The van der Waals surface area contributed by atoms with Gasteiger partial charge in [-0.1, -0.05) is 25.5 Å². The van der Waals surface area contributed by atoms with Crippen molar-refractivity contribution < 1.29 is 4.79 Å². The highest BCUT2D eigenvalue weighted by Gasteiger charge is 2.20. The van der Waals surface area contributed by atoms with E-state index in [0.717, 1.165) is 57.7 Å². The number of unbranched alkanes of at least 4 members (excludes halogenated alkanes) is 1. The van der Waals surface area contributed by atoms with Crippen LogP contribution in [0.15, 0.2) is 36.9 Å². The third-order valence-corrected chi connectivity index (χ3v) is 5.04. The van der Waals surface area contributed by atoms with E-state index in [-0.39, 0.29) is 5.91 Å². The zero-order chi connectivity index (χ0) is 18.2. The van der Waals surface area contributed by atoms with Gasteiger partial charge in [0.05, 0.1) is 0 Å². The standard InChI is InChI=1S/C20H29N5O/c1-2-3-5-18-6-8-19(9-7-18)20(26)25-11-4-10-23(14-15-25)12-13-24-16-21-22-17-24/h6-9,16-17H,2-5,10-15H2,1H3. The molecule has 1 aliphatic rings. The van der Waals surface area contributed by atoms with E-state index in [1.807, 2.05) is 21.6 Å². The Labute approximate surface area is 155 Å². The molecule has 0 radical (unpaired) electrons. The van der Waals surface area contributed by atoms with Crippen molar-refractivity contribution >= 4 is 5.91 Å². The van der Waals surface area contributed by atoms with Crippen LogP contribution in [-0.4, -0.2) is 63.2 Å². The summed E-state index contributed by atoms with van der Waals surface area (Å²) >= 11 is 0. The van der Waals surface area contributed by atoms with E-state index in [4.69, 9.17) is 0 Å². The van der Waals surface area contributed by atoms with Crippen molar-refractivity contribution in [3.63, 3.8) is 0 Å². The molecule has 0 atom stereocenters. The number of carbonyl (C=O) groups excluding carboxylic acids is 1. The van der Waals surface area contributed by atoms with Crippen LogP contribution in [0.3, 0.4) is 0 Å². The Morgan fingerprint density at radius 3 is 2.50 bits per heavy atom. The first-order valence-electron chi connectivity index (χ1n) is 9.69. The maximum Gasteiger partial charge on any atom is 0.253 e. The minimum atomic E-state index is 0.160. The van der Waals surface area contributed by atoms with Crippen molar-refractivity contribution in [1.82, 2.24) is 24.6 Å². The van der Waals surface area contributed by atoms with Gasteiger partial charge in [0.25, 0.3) is 5.91 Å². The Kier molecular flexibility index (Phi) is 6.77. The summed E-state index contributed by atoms with van der Waals surface area (Å²) in [7, 11) is 0. The Morgan fingerprint density at radius 1 is 1.00 bits per heavy atom. The van der Waals surface area contributed by atoms with Gasteiger partial charge in [0.2, 0.25) is 0 Å². The molecule has 3 rings (SSSR count).